The van der Waals surface area contributed by atoms with Gasteiger partial charge in [-0.25, -0.2) is 4.79 Å². The van der Waals surface area contributed by atoms with Crippen LogP contribution in [0.15, 0.2) is 54.6 Å². The largest absolute Gasteiger partial charge is 0.454 e. The first-order chi connectivity index (χ1) is 16.5. The SMILES string of the molecule is CC(C)(C)[Si](C)(C)OC[C@@H](OC(=O)c1ccc([N+](=O)[O-])cc1)[C@@H](c1ccccc1)N1CCCCC1. The number of hydrogen-bond acceptors (Lipinski definition) is 6. The summed E-state index contributed by atoms with van der Waals surface area (Å²) in [5.74, 6) is -0.498. The van der Waals surface area contributed by atoms with Crippen LogP contribution in [0.3, 0.4) is 0 Å². The van der Waals surface area contributed by atoms with E-state index in [0.29, 0.717) is 12.2 Å². The van der Waals surface area contributed by atoms with Gasteiger partial charge in [-0.05, 0) is 61.8 Å². The van der Waals surface area contributed by atoms with Gasteiger partial charge in [0.15, 0.2) is 8.32 Å². The van der Waals surface area contributed by atoms with Gasteiger partial charge in [-0.3, -0.25) is 15.0 Å². The number of non-ortho nitro benzene ring substituents is 1. The van der Waals surface area contributed by atoms with Gasteiger partial charge in [0.25, 0.3) is 5.69 Å². The number of carbonyl (C=O) groups is 1. The second-order valence-corrected chi connectivity index (χ2v) is 15.6. The minimum absolute atomic E-state index is 0.0211. The molecule has 7 nitrogen and oxygen atoms in total. The van der Waals surface area contributed by atoms with Crippen LogP contribution < -0.4 is 0 Å². The molecule has 2 atom stereocenters. The Labute approximate surface area is 209 Å². The van der Waals surface area contributed by atoms with E-state index in [-0.39, 0.29) is 16.8 Å². The zero-order valence-electron chi connectivity index (χ0n) is 21.5. The van der Waals surface area contributed by atoms with Gasteiger partial charge < -0.3 is 9.16 Å². The van der Waals surface area contributed by atoms with Gasteiger partial charge in [0.2, 0.25) is 0 Å². The molecule has 35 heavy (non-hydrogen) atoms. The van der Waals surface area contributed by atoms with Crippen molar-refractivity contribution in [3.05, 3.63) is 75.8 Å². The third-order valence-electron chi connectivity index (χ3n) is 7.26. The van der Waals surface area contributed by atoms with Crippen LogP contribution in [0.4, 0.5) is 5.69 Å². The topological polar surface area (TPSA) is 81.9 Å². The second-order valence-electron chi connectivity index (χ2n) is 10.8. The van der Waals surface area contributed by atoms with Crippen LogP contribution in [0.25, 0.3) is 0 Å². The highest BCUT2D eigenvalue weighted by molar-refractivity contribution is 6.74. The summed E-state index contributed by atoms with van der Waals surface area (Å²) in [6, 6.07) is 15.6. The molecular formula is C27H38N2O5Si. The normalized spacial score (nSPS) is 16.9. The van der Waals surface area contributed by atoms with Crippen molar-refractivity contribution in [1.29, 1.82) is 0 Å². The zero-order valence-corrected chi connectivity index (χ0v) is 22.5. The zero-order chi connectivity index (χ0) is 25.6. The summed E-state index contributed by atoms with van der Waals surface area (Å²) < 4.78 is 12.7. The van der Waals surface area contributed by atoms with E-state index < -0.39 is 25.3 Å². The summed E-state index contributed by atoms with van der Waals surface area (Å²) in [6.45, 7) is 13.1. The molecule has 0 aliphatic carbocycles. The van der Waals surface area contributed by atoms with Gasteiger partial charge in [0.05, 0.1) is 23.1 Å². The number of carbonyl (C=O) groups excluding carboxylic acids is 1. The summed E-state index contributed by atoms with van der Waals surface area (Å²) in [6.07, 6.45) is 2.89. The minimum atomic E-state index is -2.10. The van der Waals surface area contributed by atoms with Crippen LogP contribution >= 0.6 is 0 Å². The molecule has 0 bridgehead atoms. The van der Waals surface area contributed by atoms with E-state index >= 15 is 0 Å². The van der Waals surface area contributed by atoms with Crippen LogP contribution in [0.1, 0.15) is 62.0 Å². The average Bonchev–Trinajstić information content (AvgIpc) is 2.83. The van der Waals surface area contributed by atoms with Gasteiger partial charge in [-0.15, -0.1) is 0 Å². The number of ether oxygens (including phenoxy) is 1. The Bertz CT molecular complexity index is 983. The molecule has 0 unspecified atom stereocenters. The monoisotopic (exact) mass is 498 g/mol. The molecule has 0 spiro atoms. The highest BCUT2D eigenvalue weighted by Crippen LogP contribution is 2.38. The number of nitro benzene ring substituents is 1. The summed E-state index contributed by atoms with van der Waals surface area (Å²) in [5, 5.41) is 11.0. The predicted octanol–water partition coefficient (Wildman–Crippen LogP) is 6.37. The molecule has 1 heterocycles. The van der Waals surface area contributed by atoms with Crippen molar-refractivity contribution in [3.8, 4) is 0 Å². The third-order valence-corrected chi connectivity index (χ3v) is 11.8. The smallest absolute Gasteiger partial charge is 0.338 e. The van der Waals surface area contributed by atoms with Gasteiger partial charge >= 0.3 is 5.97 Å². The molecule has 2 aromatic rings. The first-order valence-electron chi connectivity index (χ1n) is 12.4. The van der Waals surface area contributed by atoms with Crippen molar-refractivity contribution in [3.63, 3.8) is 0 Å². The molecule has 1 aliphatic rings. The van der Waals surface area contributed by atoms with E-state index in [1.165, 1.54) is 30.7 Å². The fourth-order valence-electron chi connectivity index (χ4n) is 4.13. The maximum Gasteiger partial charge on any atom is 0.338 e. The van der Waals surface area contributed by atoms with Crippen LogP contribution in [-0.2, 0) is 9.16 Å². The summed E-state index contributed by atoms with van der Waals surface area (Å²) >= 11 is 0. The average molecular weight is 499 g/mol. The van der Waals surface area contributed by atoms with E-state index in [9.17, 15) is 14.9 Å². The molecular weight excluding hydrogens is 460 g/mol. The number of esters is 1. The number of piperidine rings is 1. The highest BCUT2D eigenvalue weighted by atomic mass is 28.4. The third kappa shape index (κ3) is 6.99. The van der Waals surface area contributed by atoms with Crippen LogP contribution in [0.2, 0.25) is 18.1 Å². The van der Waals surface area contributed by atoms with Crippen molar-refractivity contribution in [1.82, 2.24) is 4.90 Å². The molecule has 0 aromatic heterocycles. The van der Waals surface area contributed by atoms with E-state index in [2.05, 4.69) is 50.9 Å². The second kappa shape index (κ2) is 11.5. The predicted molar refractivity (Wildman–Crippen MR) is 140 cm³/mol. The van der Waals surface area contributed by atoms with Gasteiger partial charge in [0, 0.05) is 12.1 Å². The van der Waals surface area contributed by atoms with Crippen LogP contribution in [0, 0.1) is 10.1 Å². The molecule has 1 fully saturated rings. The Hall–Kier alpha value is -2.55. The first-order valence-corrected chi connectivity index (χ1v) is 15.3. The maximum absolute atomic E-state index is 13.2. The minimum Gasteiger partial charge on any atom is -0.454 e. The Morgan fingerprint density at radius 3 is 2.17 bits per heavy atom. The number of likely N-dealkylation sites (tertiary alicyclic amines) is 1. The molecule has 190 valence electrons. The number of hydrogen-bond donors (Lipinski definition) is 0. The van der Waals surface area contributed by atoms with Crippen molar-refractivity contribution in [2.24, 2.45) is 0 Å². The molecule has 8 heteroatoms. The summed E-state index contributed by atoms with van der Waals surface area (Å²) in [7, 11) is -2.10. The number of rotatable bonds is 9. The Balaban J connectivity index is 1.93. The lowest BCUT2D eigenvalue weighted by Crippen LogP contribution is -2.47. The van der Waals surface area contributed by atoms with Crippen molar-refractivity contribution in [2.45, 2.75) is 70.3 Å². The number of nitrogens with zero attached hydrogens (tertiary/aromatic N) is 2. The standard InChI is InChI=1S/C27H38N2O5Si/c1-27(2,3)35(4,5)33-20-24(34-26(30)22-14-16-23(17-15-22)29(31)32)25(21-12-8-6-9-13-21)28-18-10-7-11-19-28/h6,8-9,12-17,24-25H,7,10-11,18-20H2,1-5H3/t24-,25-/m1/s1. The number of benzene rings is 2. The fraction of sp³-hybridized carbons (Fsp3) is 0.519. The molecule has 2 aromatic carbocycles. The lowest BCUT2D eigenvalue weighted by atomic mass is 9.97. The van der Waals surface area contributed by atoms with Gasteiger partial charge in [-0.2, -0.15) is 0 Å². The Kier molecular flexibility index (Phi) is 8.85. The molecule has 0 N–H and O–H groups in total. The van der Waals surface area contributed by atoms with Crippen LogP contribution in [0.5, 0.6) is 0 Å². The van der Waals surface area contributed by atoms with E-state index in [1.54, 1.807) is 0 Å². The van der Waals surface area contributed by atoms with E-state index in [4.69, 9.17) is 9.16 Å². The Morgan fingerprint density at radius 2 is 1.63 bits per heavy atom. The molecule has 3 rings (SSSR count). The van der Waals surface area contributed by atoms with Gasteiger partial charge in [-0.1, -0.05) is 57.5 Å². The summed E-state index contributed by atoms with van der Waals surface area (Å²) in [5.41, 5.74) is 1.32. The van der Waals surface area contributed by atoms with Gasteiger partial charge in [0.1, 0.15) is 6.10 Å². The highest BCUT2D eigenvalue weighted by Gasteiger charge is 2.40. The lowest BCUT2D eigenvalue weighted by molar-refractivity contribution is -0.384. The lowest BCUT2D eigenvalue weighted by Gasteiger charge is -2.41. The molecule has 0 saturated carbocycles. The molecule has 0 radical (unpaired) electrons. The number of nitro groups is 1. The Morgan fingerprint density at radius 1 is 1.03 bits per heavy atom. The van der Waals surface area contributed by atoms with E-state index in [1.807, 2.05) is 18.2 Å². The van der Waals surface area contributed by atoms with E-state index in [0.717, 1.165) is 31.5 Å². The first kappa shape index (κ1) is 27.0. The molecule has 1 saturated heterocycles. The fourth-order valence-corrected chi connectivity index (χ4v) is 5.14. The van der Waals surface area contributed by atoms with Crippen molar-refractivity contribution < 1.29 is 18.9 Å². The molecule has 0 amide bonds. The maximum atomic E-state index is 13.2. The summed E-state index contributed by atoms with van der Waals surface area (Å²) in [4.78, 5) is 26.2. The van der Waals surface area contributed by atoms with Crippen LogP contribution in [-0.4, -0.2) is 49.9 Å². The molecule has 1 aliphatic heterocycles. The quantitative estimate of drug-likeness (QED) is 0.173. The van der Waals surface area contributed by atoms with Crippen molar-refractivity contribution >= 4 is 20.0 Å². The van der Waals surface area contributed by atoms with Crippen molar-refractivity contribution in [2.75, 3.05) is 19.7 Å².